The molecule has 1 saturated carbocycles. The fraction of sp³-hybridized carbons (Fsp3) is 0.833. The van der Waals surface area contributed by atoms with Crippen molar-refractivity contribution in [2.45, 2.75) is 39.2 Å². The van der Waals surface area contributed by atoms with Crippen LogP contribution in [0.1, 0.15) is 33.1 Å². The first kappa shape index (κ1) is 14.0. The van der Waals surface area contributed by atoms with Gasteiger partial charge < -0.3 is 14.2 Å². The lowest BCUT2D eigenvalue weighted by molar-refractivity contribution is -0.172. The van der Waals surface area contributed by atoms with Crippen LogP contribution in [0.4, 0.5) is 0 Å². The summed E-state index contributed by atoms with van der Waals surface area (Å²) >= 11 is 0. The summed E-state index contributed by atoms with van der Waals surface area (Å²) in [4.78, 5) is 23.9. The molecule has 0 radical (unpaired) electrons. The molecular formula is C12H20O5. The fourth-order valence-electron chi connectivity index (χ4n) is 2.19. The van der Waals surface area contributed by atoms with E-state index in [9.17, 15) is 9.59 Å². The summed E-state index contributed by atoms with van der Waals surface area (Å²) in [5.41, 5.74) is -1.16. The first-order valence-corrected chi connectivity index (χ1v) is 5.98. The van der Waals surface area contributed by atoms with E-state index in [1.54, 1.807) is 21.0 Å². The van der Waals surface area contributed by atoms with Crippen molar-refractivity contribution in [1.29, 1.82) is 0 Å². The van der Waals surface area contributed by atoms with Crippen LogP contribution in [0.3, 0.4) is 0 Å². The highest BCUT2D eigenvalue weighted by molar-refractivity contribution is 6.00. The SMILES string of the molecule is CCOC(=O)C1(C(=O)OCC)CCC(OC)C1. The molecule has 0 heterocycles. The molecule has 1 unspecified atom stereocenters. The summed E-state index contributed by atoms with van der Waals surface area (Å²) in [5.74, 6) is -0.976. The van der Waals surface area contributed by atoms with Crippen LogP contribution in [0.5, 0.6) is 0 Å². The van der Waals surface area contributed by atoms with Crippen LogP contribution in [0.15, 0.2) is 0 Å². The molecule has 98 valence electrons. The number of methoxy groups -OCH3 is 1. The third-order valence-electron chi connectivity index (χ3n) is 3.13. The molecule has 1 aliphatic rings. The summed E-state index contributed by atoms with van der Waals surface area (Å²) in [6.07, 6.45) is 1.38. The standard InChI is InChI=1S/C12H20O5/c1-4-16-10(13)12(11(14)17-5-2)7-6-9(8-12)15-3/h9H,4-8H2,1-3H3. The Kier molecular flexibility index (Phi) is 4.93. The van der Waals surface area contributed by atoms with E-state index in [2.05, 4.69) is 0 Å². The highest BCUT2D eigenvalue weighted by Crippen LogP contribution is 2.41. The van der Waals surface area contributed by atoms with Crippen molar-refractivity contribution in [1.82, 2.24) is 0 Å². The van der Waals surface area contributed by atoms with Gasteiger partial charge in [-0.25, -0.2) is 0 Å². The summed E-state index contributed by atoms with van der Waals surface area (Å²) in [5, 5.41) is 0. The zero-order valence-corrected chi connectivity index (χ0v) is 10.7. The number of esters is 2. The van der Waals surface area contributed by atoms with E-state index in [1.165, 1.54) is 0 Å². The Morgan fingerprint density at radius 3 is 2.06 bits per heavy atom. The van der Waals surface area contributed by atoms with Crippen LogP contribution in [0.2, 0.25) is 0 Å². The van der Waals surface area contributed by atoms with E-state index < -0.39 is 17.4 Å². The topological polar surface area (TPSA) is 61.8 Å². The molecule has 0 aromatic heterocycles. The second kappa shape index (κ2) is 6.00. The molecule has 1 rings (SSSR count). The highest BCUT2D eigenvalue weighted by atomic mass is 16.6. The van der Waals surface area contributed by atoms with Gasteiger partial charge in [-0.1, -0.05) is 0 Å². The maximum Gasteiger partial charge on any atom is 0.323 e. The van der Waals surface area contributed by atoms with Gasteiger partial charge in [0.05, 0.1) is 19.3 Å². The van der Waals surface area contributed by atoms with Crippen molar-refractivity contribution < 1.29 is 23.8 Å². The van der Waals surface area contributed by atoms with Gasteiger partial charge in [-0.15, -0.1) is 0 Å². The largest absolute Gasteiger partial charge is 0.465 e. The Hall–Kier alpha value is -1.10. The number of carbonyl (C=O) groups is 2. The Morgan fingerprint density at radius 2 is 1.71 bits per heavy atom. The lowest BCUT2D eigenvalue weighted by atomic mass is 9.86. The van der Waals surface area contributed by atoms with Crippen LogP contribution in [0.25, 0.3) is 0 Å². The lowest BCUT2D eigenvalue weighted by Gasteiger charge is -2.24. The zero-order chi connectivity index (χ0) is 12.9. The molecule has 5 heteroatoms. The first-order chi connectivity index (χ1) is 8.10. The third kappa shape index (κ3) is 2.77. The number of rotatable bonds is 5. The van der Waals surface area contributed by atoms with Gasteiger partial charge in [-0.05, 0) is 26.7 Å². The van der Waals surface area contributed by atoms with Gasteiger partial charge in [-0.2, -0.15) is 0 Å². The van der Waals surface area contributed by atoms with E-state index in [0.29, 0.717) is 19.3 Å². The summed E-state index contributed by atoms with van der Waals surface area (Å²) in [6.45, 7) is 3.97. The molecule has 1 fully saturated rings. The number of carbonyl (C=O) groups excluding carboxylic acids is 2. The predicted molar refractivity (Wildman–Crippen MR) is 60.3 cm³/mol. The Balaban J connectivity index is 2.86. The Labute approximate surface area is 101 Å². The Bertz CT molecular complexity index is 269. The van der Waals surface area contributed by atoms with Crippen molar-refractivity contribution in [3.8, 4) is 0 Å². The maximum absolute atomic E-state index is 12.0. The predicted octanol–water partition coefficient (Wildman–Crippen LogP) is 1.30. The third-order valence-corrected chi connectivity index (χ3v) is 3.13. The second-order valence-corrected chi connectivity index (χ2v) is 4.12. The molecule has 0 spiro atoms. The van der Waals surface area contributed by atoms with Gasteiger partial charge in [0.25, 0.3) is 0 Å². The van der Waals surface area contributed by atoms with E-state index in [4.69, 9.17) is 14.2 Å². The normalized spacial score (nSPS) is 22.2. The van der Waals surface area contributed by atoms with Gasteiger partial charge in [0, 0.05) is 13.5 Å². The van der Waals surface area contributed by atoms with Crippen LogP contribution in [-0.2, 0) is 23.8 Å². The Morgan fingerprint density at radius 1 is 1.18 bits per heavy atom. The summed E-state index contributed by atoms with van der Waals surface area (Å²) in [6, 6.07) is 0. The molecule has 1 atom stereocenters. The van der Waals surface area contributed by atoms with Gasteiger partial charge in [0.15, 0.2) is 5.41 Å². The van der Waals surface area contributed by atoms with E-state index in [1.807, 2.05) is 0 Å². The minimum Gasteiger partial charge on any atom is -0.465 e. The summed E-state index contributed by atoms with van der Waals surface area (Å²) in [7, 11) is 1.58. The van der Waals surface area contributed by atoms with Crippen LogP contribution in [0, 0.1) is 5.41 Å². The van der Waals surface area contributed by atoms with Gasteiger partial charge in [0.2, 0.25) is 0 Å². The van der Waals surface area contributed by atoms with E-state index >= 15 is 0 Å². The molecule has 0 aromatic rings. The van der Waals surface area contributed by atoms with Crippen molar-refractivity contribution in [3.05, 3.63) is 0 Å². The molecule has 0 saturated heterocycles. The lowest BCUT2D eigenvalue weighted by Crippen LogP contribution is -2.40. The quantitative estimate of drug-likeness (QED) is 0.539. The molecule has 0 aliphatic heterocycles. The van der Waals surface area contributed by atoms with Gasteiger partial charge in [0.1, 0.15) is 0 Å². The minimum absolute atomic E-state index is 0.0798. The van der Waals surface area contributed by atoms with Gasteiger partial charge >= 0.3 is 11.9 Å². The molecular weight excluding hydrogens is 224 g/mol. The van der Waals surface area contributed by atoms with E-state index in [0.717, 1.165) is 0 Å². The van der Waals surface area contributed by atoms with Crippen molar-refractivity contribution in [2.75, 3.05) is 20.3 Å². The molecule has 0 aromatic carbocycles. The van der Waals surface area contributed by atoms with Crippen LogP contribution in [-0.4, -0.2) is 38.4 Å². The molecule has 17 heavy (non-hydrogen) atoms. The van der Waals surface area contributed by atoms with Crippen LogP contribution >= 0.6 is 0 Å². The van der Waals surface area contributed by atoms with Crippen molar-refractivity contribution >= 4 is 11.9 Å². The highest BCUT2D eigenvalue weighted by Gasteiger charge is 2.54. The summed E-state index contributed by atoms with van der Waals surface area (Å²) < 4.78 is 15.2. The fourth-order valence-corrected chi connectivity index (χ4v) is 2.19. The number of ether oxygens (including phenoxy) is 3. The average Bonchev–Trinajstić information content (AvgIpc) is 2.75. The molecule has 0 amide bonds. The second-order valence-electron chi connectivity index (χ2n) is 4.12. The zero-order valence-electron chi connectivity index (χ0n) is 10.7. The molecule has 0 N–H and O–H groups in total. The maximum atomic E-state index is 12.0. The van der Waals surface area contributed by atoms with Crippen molar-refractivity contribution in [2.24, 2.45) is 5.41 Å². The van der Waals surface area contributed by atoms with Crippen LogP contribution < -0.4 is 0 Å². The first-order valence-electron chi connectivity index (χ1n) is 5.98. The molecule has 5 nitrogen and oxygen atoms in total. The van der Waals surface area contributed by atoms with E-state index in [-0.39, 0.29) is 19.3 Å². The monoisotopic (exact) mass is 244 g/mol. The van der Waals surface area contributed by atoms with Crippen molar-refractivity contribution in [3.63, 3.8) is 0 Å². The molecule has 1 aliphatic carbocycles. The number of hydrogen-bond donors (Lipinski definition) is 0. The minimum atomic E-state index is -1.16. The molecule has 0 bridgehead atoms. The average molecular weight is 244 g/mol. The smallest absolute Gasteiger partial charge is 0.323 e. The number of hydrogen-bond acceptors (Lipinski definition) is 5. The van der Waals surface area contributed by atoms with Gasteiger partial charge in [-0.3, -0.25) is 9.59 Å².